The Bertz CT molecular complexity index is 1010. The molecule has 2 amide bonds. The summed E-state index contributed by atoms with van der Waals surface area (Å²) >= 11 is 0. The van der Waals surface area contributed by atoms with E-state index in [2.05, 4.69) is 29.0 Å². The predicted octanol–water partition coefficient (Wildman–Crippen LogP) is 4.40. The maximum Gasteiger partial charge on any atom is 0.266 e. The van der Waals surface area contributed by atoms with Crippen molar-refractivity contribution >= 4 is 29.3 Å². The van der Waals surface area contributed by atoms with Gasteiger partial charge in [-0.05, 0) is 55.7 Å². The summed E-state index contributed by atoms with van der Waals surface area (Å²) in [7, 11) is 0. The summed E-state index contributed by atoms with van der Waals surface area (Å²) in [6.45, 7) is 10.3. The quantitative estimate of drug-likeness (QED) is 0.560. The first kappa shape index (κ1) is 21.9. The van der Waals surface area contributed by atoms with E-state index in [0.29, 0.717) is 5.92 Å². The van der Waals surface area contributed by atoms with Gasteiger partial charge in [-0.15, -0.1) is 0 Å². The highest BCUT2D eigenvalue weighted by atomic mass is 19.1. The van der Waals surface area contributed by atoms with E-state index < -0.39 is 17.6 Å². The number of nitrogens with zero attached hydrogens (tertiary/aromatic N) is 2. The summed E-state index contributed by atoms with van der Waals surface area (Å²) in [6, 6.07) is 7.66. The van der Waals surface area contributed by atoms with Crippen LogP contribution in [-0.2, 0) is 16.1 Å². The smallest absolute Gasteiger partial charge is 0.266 e. The Morgan fingerprint density at radius 1 is 1.24 bits per heavy atom. The average Bonchev–Trinajstić information content (AvgIpc) is 2.89. The van der Waals surface area contributed by atoms with Crippen LogP contribution in [0.4, 0.5) is 15.8 Å². The van der Waals surface area contributed by atoms with Gasteiger partial charge >= 0.3 is 0 Å². The van der Waals surface area contributed by atoms with Crippen molar-refractivity contribution < 1.29 is 14.0 Å². The zero-order valence-electron chi connectivity index (χ0n) is 17.3. The number of aromatic nitrogens is 1. The van der Waals surface area contributed by atoms with Crippen LogP contribution in [0.3, 0.4) is 0 Å². The summed E-state index contributed by atoms with van der Waals surface area (Å²) in [5.41, 5.74) is 2.99. The lowest BCUT2D eigenvalue weighted by atomic mass is 10.1. The number of anilines is 2. The Morgan fingerprint density at radius 2 is 1.93 bits per heavy atom. The number of rotatable bonds is 6. The summed E-state index contributed by atoms with van der Waals surface area (Å²) in [5.74, 6) is -1.19. The molecule has 0 saturated heterocycles. The standard InChI is InChI=1S/C22H25FN4O2/c1-13(2)12-27-14(3)8-17(15(27)4)9-18(11-24)22(29)26-19-6-7-20(23)21(10-19)25-16(5)28/h6-10,13H,12H2,1-5H3,(H,25,28)(H,26,29)/b18-9+. The molecule has 1 aromatic heterocycles. The maximum absolute atomic E-state index is 13.8. The predicted molar refractivity (Wildman–Crippen MR) is 112 cm³/mol. The SMILES string of the molecule is CC(=O)Nc1cc(NC(=O)/C(C#N)=C/c2cc(C)n(CC(C)C)c2C)ccc1F. The third-order valence-corrected chi connectivity index (χ3v) is 4.36. The number of amides is 2. The van der Waals surface area contributed by atoms with Gasteiger partial charge in [0, 0.05) is 30.5 Å². The van der Waals surface area contributed by atoms with E-state index in [4.69, 9.17) is 0 Å². The molecule has 0 atom stereocenters. The van der Waals surface area contributed by atoms with Crippen LogP contribution < -0.4 is 10.6 Å². The minimum absolute atomic E-state index is 0.0463. The van der Waals surface area contributed by atoms with E-state index in [0.717, 1.165) is 29.6 Å². The van der Waals surface area contributed by atoms with Gasteiger partial charge in [0.15, 0.2) is 0 Å². The number of halogens is 1. The van der Waals surface area contributed by atoms with Crippen molar-refractivity contribution in [3.8, 4) is 6.07 Å². The molecular weight excluding hydrogens is 371 g/mol. The molecule has 2 rings (SSSR count). The molecule has 0 aliphatic carbocycles. The van der Waals surface area contributed by atoms with Gasteiger partial charge in [-0.1, -0.05) is 13.8 Å². The Hall–Kier alpha value is -3.40. The van der Waals surface area contributed by atoms with Gasteiger partial charge in [0.05, 0.1) is 5.69 Å². The van der Waals surface area contributed by atoms with Crippen LogP contribution in [0.15, 0.2) is 29.8 Å². The van der Waals surface area contributed by atoms with E-state index in [1.54, 1.807) is 6.08 Å². The fourth-order valence-corrected chi connectivity index (χ4v) is 3.01. The Balaban J connectivity index is 2.28. The zero-order valence-corrected chi connectivity index (χ0v) is 17.3. The molecule has 0 unspecified atom stereocenters. The lowest BCUT2D eigenvalue weighted by molar-refractivity contribution is -0.114. The number of benzene rings is 1. The van der Waals surface area contributed by atoms with Crippen molar-refractivity contribution in [1.29, 1.82) is 5.26 Å². The number of nitrogens with one attached hydrogen (secondary N) is 2. The van der Waals surface area contributed by atoms with Crippen LogP contribution in [0.5, 0.6) is 0 Å². The minimum atomic E-state index is -0.619. The lowest BCUT2D eigenvalue weighted by Crippen LogP contribution is -2.14. The number of carbonyl (C=O) groups is 2. The van der Waals surface area contributed by atoms with Crippen LogP contribution in [0.1, 0.15) is 37.7 Å². The van der Waals surface area contributed by atoms with Crippen molar-refractivity contribution in [2.45, 2.75) is 41.2 Å². The van der Waals surface area contributed by atoms with Crippen LogP contribution in [-0.4, -0.2) is 16.4 Å². The molecule has 2 aromatic rings. The van der Waals surface area contributed by atoms with E-state index in [-0.39, 0.29) is 16.9 Å². The molecule has 2 N–H and O–H groups in total. The number of hydrogen-bond donors (Lipinski definition) is 2. The number of nitriles is 1. The molecule has 29 heavy (non-hydrogen) atoms. The number of aryl methyl sites for hydroxylation is 1. The molecular formula is C22H25FN4O2. The molecule has 0 radical (unpaired) electrons. The maximum atomic E-state index is 13.8. The highest BCUT2D eigenvalue weighted by Gasteiger charge is 2.15. The van der Waals surface area contributed by atoms with E-state index >= 15 is 0 Å². The molecule has 7 heteroatoms. The van der Waals surface area contributed by atoms with E-state index in [9.17, 15) is 19.2 Å². The van der Waals surface area contributed by atoms with Gasteiger partial charge in [-0.25, -0.2) is 4.39 Å². The Kier molecular flexibility index (Phi) is 6.94. The largest absolute Gasteiger partial charge is 0.348 e. The van der Waals surface area contributed by atoms with Crippen LogP contribution in [0.25, 0.3) is 6.08 Å². The molecule has 0 aliphatic heterocycles. The minimum Gasteiger partial charge on any atom is -0.348 e. The van der Waals surface area contributed by atoms with Crippen molar-refractivity contribution in [2.24, 2.45) is 5.92 Å². The molecule has 0 bridgehead atoms. The van der Waals surface area contributed by atoms with Crippen molar-refractivity contribution in [3.05, 3.63) is 52.6 Å². The lowest BCUT2D eigenvalue weighted by Gasteiger charge is -2.12. The monoisotopic (exact) mass is 396 g/mol. The highest BCUT2D eigenvalue weighted by molar-refractivity contribution is 6.10. The molecule has 1 heterocycles. The first-order valence-corrected chi connectivity index (χ1v) is 9.29. The molecule has 6 nitrogen and oxygen atoms in total. The molecule has 0 saturated carbocycles. The van der Waals surface area contributed by atoms with Gasteiger partial charge in [0.25, 0.3) is 5.91 Å². The van der Waals surface area contributed by atoms with Crippen LogP contribution in [0, 0.1) is 36.9 Å². The van der Waals surface area contributed by atoms with E-state index in [1.807, 2.05) is 26.0 Å². The van der Waals surface area contributed by atoms with Crippen LogP contribution >= 0.6 is 0 Å². The van der Waals surface area contributed by atoms with Crippen LogP contribution in [0.2, 0.25) is 0 Å². The fraction of sp³-hybridized carbons (Fsp3) is 0.318. The van der Waals surface area contributed by atoms with E-state index in [1.165, 1.54) is 19.1 Å². The molecule has 0 spiro atoms. The summed E-state index contributed by atoms with van der Waals surface area (Å²) in [6.07, 6.45) is 1.55. The fourth-order valence-electron chi connectivity index (χ4n) is 3.01. The second-order valence-electron chi connectivity index (χ2n) is 7.33. The van der Waals surface area contributed by atoms with Crippen molar-refractivity contribution in [3.63, 3.8) is 0 Å². The van der Waals surface area contributed by atoms with Crippen molar-refractivity contribution in [2.75, 3.05) is 10.6 Å². The molecule has 152 valence electrons. The summed E-state index contributed by atoms with van der Waals surface area (Å²) in [5, 5.41) is 14.4. The second kappa shape index (κ2) is 9.20. The molecule has 0 aliphatic rings. The average molecular weight is 396 g/mol. The summed E-state index contributed by atoms with van der Waals surface area (Å²) in [4.78, 5) is 23.7. The highest BCUT2D eigenvalue weighted by Crippen LogP contribution is 2.22. The third kappa shape index (κ3) is 5.55. The normalized spacial score (nSPS) is 11.3. The topological polar surface area (TPSA) is 86.9 Å². The molecule has 1 aromatic carbocycles. The zero-order chi connectivity index (χ0) is 21.7. The first-order chi connectivity index (χ1) is 13.6. The Morgan fingerprint density at radius 3 is 2.52 bits per heavy atom. The van der Waals surface area contributed by atoms with Gasteiger partial charge in [-0.3, -0.25) is 9.59 Å². The second-order valence-corrected chi connectivity index (χ2v) is 7.33. The van der Waals surface area contributed by atoms with Gasteiger partial charge in [0.2, 0.25) is 5.91 Å². The molecule has 0 fully saturated rings. The third-order valence-electron chi connectivity index (χ3n) is 4.36. The van der Waals surface area contributed by atoms with Gasteiger partial charge < -0.3 is 15.2 Å². The van der Waals surface area contributed by atoms with Gasteiger partial charge in [0.1, 0.15) is 17.5 Å². The summed E-state index contributed by atoms with van der Waals surface area (Å²) < 4.78 is 15.9. The number of hydrogen-bond acceptors (Lipinski definition) is 3. The number of carbonyl (C=O) groups excluding carboxylic acids is 2. The first-order valence-electron chi connectivity index (χ1n) is 9.29. The van der Waals surface area contributed by atoms with Gasteiger partial charge in [-0.2, -0.15) is 5.26 Å². The Labute approximate surface area is 170 Å². The van der Waals surface area contributed by atoms with Crippen molar-refractivity contribution in [1.82, 2.24) is 4.57 Å².